The number of piperazine rings is 1. The van der Waals surface area contributed by atoms with Crippen LogP contribution in [0.15, 0.2) is 24.3 Å². The van der Waals surface area contributed by atoms with Gasteiger partial charge in [-0.05, 0) is 49.1 Å². The van der Waals surface area contributed by atoms with E-state index < -0.39 is 0 Å². The van der Waals surface area contributed by atoms with E-state index in [1.165, 1.54) is 43.5 Å². The molecule has 0 aromatic heterocycles. The van der Waals surface area contributed by atoms with E-state index in [2.05, 4.69) is 55.3 Å². The smallest absolute Gasteiger partial charge is 0.0253 e. The van der Waals surface area contributed by atoms with Gasteiger partial charge < -0.3 is 5.32 Å². The number of rotatable bonds is 5. The second kappa shape index (κ2) is 6.50. The lowest BCUT2D eigenvalue weighted by Gasteiger charge is -2.41. The van der Waals surface area contributed by atoms with E-state index in [-0.39, 0.29) is 0 Å². The van der Waals surface area contributed by atoms with Gasteiger partial charge in [-0.1, -0.05) is 38.1 Å². The van der Waals surface area contributed by atoms with E-state index in [0.29, 0.717) is 6.04 Å². The predicted octanol–water partition coefficient (Wildman–Crippen LogP) is 3.59. The van der Waals surface area contributed by atoms with E-state index in [0.717, 1.165) is 24.4 Å². The number of nitrogens with zero attached hydrogens (tertiary/aromatic N) is 1. The normalized spacial score (nSPS) is 27.2. The topological polar surface area (TPSA) is 15.3 Å². The number of hydrogen-bond donors (Lipinski definition) is 1. The molecule has 2 aliphatic rings. The molecule has 2 unspecified atom stereocenters. The summed E-state index contributed by atoms with van der Waals surface area (Å²) < 4.78 is 0. The summed E-state index contributed by atoms with van der Waals surface area (Å²) >= 11 is 0. The van der Waals surface area contributed by atoms with Crippen molar-refractivity contribution in [2.45, 2.75) is 58.7 Å². The summed E-state index contributed by atoms with van der Waals surface area (Å²) in [7, 11) is 0. The van der Waals surface area contributed by atoms with Gasteiger partial charge in [-0.2, -0.15) is 0 Å². The van der Waals surface area contributed by atoms with Crippen LogP contribution in [0, 0.1) is 18.8 Å². The van der Waals surface area contributed by atoms with Gasteiger partial charge >= 0.3 is 0 Å². The van der Waals surface area contributed by atoms with Crippen LogP contribution >= 0.6 is 0 Å². The van der Waals surface area contributed by atoms with Crippen molar-refractivity contribution in [2.75, 3.05) is 13.1 Å². The lowest BCUT2D eigenvalue weighted by Crippen LogP contribution is -2.57. The number of nitrogens with one attached hydrogen (secondary N) is 1. The fourth-order valence-electron chi connectivity index (χ4n) is 3.76. The monoisotopic (exact) mass is 286 g/mol. The number of hydrogen-bond acceptors (Lipinski definition) is 2. The minimum atomic E-state index is 0.670. The van der Waals surface area contributed by atoms with Crippen LogP contribution in [0.1, 0.15) is 44.2 Å². The van der Waals surface area contributed by atoms with Crippen LogP contribution in [0.5, 0.6) is 0 Å². The summed E-state index contributed by atoms with van der Waals surface area (Å²) in [5.41, 5.74) is 2.94. The van der Waals surface area contributed by atoms with Gasteiger partial charge in [0.1, 0.15) is 0 Å². The first kappa shape index (κ1) is 15.1. The summed E-state index contributed by atoms with van der Waals surface area (Å²) in [6.07, 6.45) is 4.17. The van der Waals surface area contributed by atoms with Gasteiger partial charge in [-0.3, -0.25) is 4.90 Å². The molecule has 0 bridgehead atoms. The molecule has 1 heterocycles. The van der Waals surface area contributed by atoms with E-state index in [1.54, 1.807) is 0 Å². The zero-order valence-electron chi connectivity index (χ0n) is 13.8. The highest BCUT2D eigenvalue weighted by atomic mass is 15.2. The Hall–Kier alpha value is -0.860. The molecule has 1 aromatic rings. The molecule has 2 nitrogen and oxygen atoms in total. The zero-order chi connectivity index (χ0) is 14.8. The maximum atomic E-state index is 3.81. The van der Waals surface area contributed by atoms with Crippen molar-refractivity contribution >= 4 is 0 Å². The summed E-state index contributed by atoms with van der Waals surface area (Å²) in [6, 6.07) is 10.3. The summed E-state index contributed by atoms with van der Waals surface area (Å²) in [5.74, 6) is 1.72. The predicted molar refractivity (Wildman–Crippen MR) is 89.3 cm³/mol. The third kappa shape index (κ3) is 3.87. The molecule has 1 aliphatic carbocycles. The second-order valence-electron chi connectivity index (χ2n) is 7.50. The second-order valence-corrected chi connectivity index (χ2v) is 7.50. The van der Waals surface area contributed by atoms with Crippen molar-refractivity contribution in [3.8, 4) is 0 Å². The van der Waals surface area contributed by atoms with Crippen LogP contribution in [0.2, 0.25) is 0 Å². The minimum Gasteiger partial charge on any atom is -0.311 e. The SMILES string of the molecule is Cc1ccccc1CN1CC(CC(C)C)NCC1C1CC1. The molecule has 3 rings (SSSR count). The van der Waals surface area contributed by atoms with Gasteiger partial charge in [0.2, 0.25) is 0 Å². The van der Waals surface area contributed by atoms with Gasteiger partial charge in [0.05, 0.1) is 0 Å². The molecule has 1 saturated heterocycles. The zero-order valence-corrected chi connectivity index (χ0v) is 13.8. The van der Waals surface area contributed by atoms with Gasteiger partial charge in [0.15, 0.2) is 0 Å². The van der Waals surface area contributed by atoms with Crippen LogP contribution < -0.4 is 5.32 Å². The van der Waals surface area contributed by atoms with Crippen LogP contribution in [-0.4, -0.2) is 30.1 Å². The van der Waals surface area contributed by atoms with Crippen LogP contribution in [0.25, 0.3) is 0 Å². The van der Waals surface area contributed by atoms with Crippen molar-refractivity contribution in [3.05, 3.63) is 35.4 Å². The van der Waals surface area contributed by atoms with Gasteiger partial charge in [0.25, 0.3) is 0 Å². The molecule has 0 amide bonds. The Morgan fingerprint density at radius 3 is 2.67 bits per heavy atom. The van der Waals surface area contributed by atoms with E-state index in [9.17, 15) is 0 Å². The molecular formula is C19H30N2. The van der Waals surface area contributed by atoms with Crippen molar-refractivity contribution in [2.24, 2.45) is 11.8 Å². The first-order valence-electron chi connectivity index (χ1n) is 8.65. The molecule has 2 heteroatoms. The average molecular weight is 286 g/mol. The van der Waals surface area contributed by atoms with Crippen molar-refractivity contribution in [1.29, 1.82) is 0 Å². The Bertz CT molecular complexity index is 464. The highest BCUT2D eigenvalue weighted by molar-refractivity contribution is 5.25. The highest BCUT2D eigenvalue weighted by Crippen LogP contribution is 2.37. The van der Waals surface area contributed by atoms with Crippen LogP contribution in [-0.2, 0) is 6.54 Å². The summed E-state index contributed by atoms with van der Waals surface area (Å²) in [6.45, 7) is 10.4. The van der Waals surface area contributed by atoms with Crippen LogP contribution in [0.3, 0.4) is 0 Å². The molecule has 116 valence electrons. The molecule has 0 spiro atoms. The Morgan fingerprint density at radius 2 is 2.00 bits per heavy atom. The molecule has 1 aliphatic heterocycles. The van der Waals surface area contributed by atoms with Crippen molar-refractivity contribution in [3.63, 3.8) is 0 Å². The fourth-order valence-corrected chi connectivity index (χ4v) is 3.76. The van der Waals surface area contributed by atoms with Gasteiger partial charge in [0, 0.05) is 31.7 Å². The van der Waals surface area contributed by atoms with Crippen molar-refractivity contribution in [1.82, 2.24) is 10.2 Å². The Balaban J connectivity index is 1.69. The lowest BCUT2D eigenvalue weighted by molar-refractivity contribution is 0.1000. The van der Waals surface area contributed by atoms with Gasteiger partial charge in [-0.25, -0.2) is 0 Å². The summed E-state index contributed by atoms with van der Waals surface area (Å²) in [4.78, 5) is 2.77. The number of benzene rings is 1. The third-order valence-electron chi connectivity index (χ3n) is 5.10. The first-order chi connectivity index (χ1) is 10.1. The molecule has 21 heavy (non-hydrogen) atoms. The lowest BCUT2D eigenvalue weighted by atomic mass is 9.97. The fraction of sp³-hybridized carbons (Fsp3) is 0.684. The maximum absolute atomic E-state index is 3.81. The Morgan fingerprint density at radius 1 is 1.24 bits per heavy atom. The standard InChI is InChI=1S/C19H30N2/c1-14(2)10-18-13-21(19(11-20-18)16-8-9-16)12-17-7-5-4-6-15(17)3/h4-7,14,16,18-20H,8-13H2,1-3H3. The van der Waals surface area contributed by atoms with E-state index in [1.807, 2.05) is 0 Å². The van der Waals surface area contributed by atoms with Crippen molar-refractivity contribution < 1.29 is 0 Å². The first-order valence-corrected chi connectivity index (χ1v) is 8.65. The van der Waals surface area contributed by atoms with E-state index in [4.69, 9.17) is 0 Å². The average Bonchev–Trinajstić information content (AvgIpc) is 3.25. The molecule has 0 radical (unpaired) electrons. The Labute approximate surface area is 129 Å². The molecule has 1 N–H and O–H groups in total. The van der Waals surface area contributed by atoms with Crippen LogP contribution in [0.4, 0.5) is 0 Å². The highest BCUT2D eigenvalue weighted by Gasteiger charge is 2.38. The van der Waals surface area contributed by atoms with E-state index >= 15 is 0 Å². The molecular weight excluding hydrogens is 256 g/mol. The molecule has 1 saturated carbocycles. The third-order valence-corrected chi connectivity index (χ3v) is 5.10. The number of aryl methyl sites for hydroxylation is 1. The maximum Gasteiger partial charge on any atom is 0.0253 e. The molecule has 1 aromatic carbocycles. The largest absolute Gasteiger partial charge is 0.311 e. The minimum absolute atomic E-state index is 0.670. The summed E-state index contributed by atoms with van der Waals surface area (Å²) in [5, 5.41) is 3.81. The Kier molecular flexibility index (Phi) is 4.66. The van der Waals surface area contributed by atoms with Gasteiger partial charge in [-0.15, -0.1) is 0 Å². The molecule has 2 fully saturated rings. The molecule has 2 atom stereocenters. The quantitative estimate of drug-likeness (QED) is 0.890.